The predicted octanol–water partition coefficient (Wildman–Crippen LogP) is 2.78. The fraction of sp³-hybridized carbons (Fsp3) is 0.364. The van der Waals surface area contributed by atoms with Crippen LogP contribution in [0.3, 0.4) is 0 Å². The molecule has 1 N–H and O–H groups in total. The van der Waals surface area contributed by atoms with Gasteiger partial charge in [-0.25, -0.2) is 8.42 Å². The monoisotopic (exact) mass is 525 g/mol. The second-order valence-electron chi connectivity index (χ2n) is 7.13. The zero-order chi connectivity index (χ0) is 23.9. The summed E-state index contributed by atoms with van der Waals surface area (Å²) in [5.41, 5.74) is 1.14. The normalized spacial score (nSPS) is 12.0. The Morgan fingerprint density at radius 2 is 1.69 bits per heavy atom. The lowest BCUT2D eigenvalue weighted by Crippen LogP contribution is -2.50. The quantitative estimate of drug-likeness (QED) is 0.514. The Morgan fingerprint density at radius 3 is 2.19 bits per heavy atom. The van der Waals surface area contributed by atoms with Crippen LogP contribution in [0.2, 0.25) is 0 Å². The molecule has 2 aromatic rings. The molecule has 0 fully saturated rings. The van der Waals surface area contributed by atoms with E-state index in [1.807, 2.05) is 31.2 Å². The molecule has 0 aliphatic carbocycles. The number of nitrogens with one attached hydrogen (secondary N) is 1. The third kappa shape index (κ3) is 6.96. The van der Waals surface area contributed by atoms with Crippen LogP contribution in [0.1, 0.15) is 19.4 Å². The number of amides is 2. The van der Waals surface area contributed by atoms with Crippen LogP contribution in [0.25, 0.3) is 0 Å². The Bertz CT molecular complexity index is 1030. The van der Waals surface area contributed by atoms with Gasteiger partial charge < -0.3 is 15.0 Å². The molecule has 0 saturated heterocycles. The lowest BCUT2D eigenvalue weighted by molar-refractivity contribution is -0.139. The maximum Gasteiger partial charge on any atom is 0.244 e. The van der Waals surface area contributed by atoms with Crippen molar-refractivity contribution in [3.63, 3.8) is 0 Å². The van der Waals surface area contributed by atoms with Gasteiger partial charge in [-0.2, -0.15) is 0 Å². The Kier molecular flexibility index (Phi) is 9.09. The van der Waals surface area contributed by atoms with Gasteiger partial charge >= 0.3 is 0 Å². The van der Waals surface area contributed by atoms with Crippen LogP contribution in [0.5, 0.6) is 5.75 Å². The Hall–Kier alpha value is -2.59. The van der Waals surface area contributed by atoms with Gasteiger partial charge in [0.1, 0.15) is 18.3 Å². The minimum Gasteiger partial charge on any atom is -0.494 e. The number of rotatable bonds is 10. The van der Waals surface area contributed by atoms with E-state index in [1.54, 1.807) is 31.2 Å². The molecule has 174 valence electrons. The van der Waals surface area contributed by atoms with Crippen LogP contribution < -0.4 is 14.4 Å². The van der Waals surface area contributed by atoms with Gasteiger partial charge in [0.05, 0.1) is 18.6 Å². The highest BCUT2D eigenvalue weighted by Gasteiger charge is 2.29. The van der Waals surface area contributed by atoms with Crippen molar-refractivity contribution in [2.24, 2.45) is 0 Å². The number of hydrogen-bond acceptors (Lipinski definition) is 5. The van der Waals surface area contributed by atoms with E-state index in [1.165, 1.54) is 11.9 Å². The predicted molar refractivity (Wildman–Crippen MR) is 128 cm³/mol. The van der Waals surface area contributed by atoms with Crippen LogP contribution in [0.4, 0.5) is 5.69 Å². The summed E-state index contributed by atoms with van der Waals surface area (Å²) in [4.78, 5) is 26.9. The van der Waals surface area contributed by atoms with E-state index in [2.05, 4.69) is 21.2 Å². The van der Waals surface area contributed by atoms with Crippen molar-refractivity contribution >= 4 is 43.5 Å². The molecule has 0 aromatic heterocycles. The van der Waals surface area contributed by atoms with E-state index in [4.69, 9.17) is 4.74 Å². The summed E-state index contributed by atoms with van der Waals surface area (Å²) < 4.78 is 32.3. The first-order valence-corrected chi connectivity index (χ1v) is 12.7. The lowest BCUT2D eigenvalue weighted by Gasteiger charge is -2.31. The summed E-state index contributed by atoms with van der Waals surface area (Å²) in [7, 11) is -2.27. The third-order valence-electron chi connectivity index (χ3n) is 4.79. The summed E-state index contributed by atoms with van der Waals surface area (Å²) in [5, 5.41) is 2.54. The number of ether oxygens (including phenoxy) is 1. The average Bonchev–Trinajstić information content (AvgIpc) is 2.76. The van der Waals surface area contributed by atoms with Gasteiger partial charge in [-0.05, 0) is 55.8 Å². The number of sulfonamides is 1. The van der Waals surface area contributed by atoms with Crippen LogP contribution in [-0.4, -0.2) is 57.6 Å². The fourth-order valence-corrected chi connectivity index (χ4v) is 4.18. The van der Waals surface area contributed by atoms with E-state index < -0.39 is 28.5 Å². The van der Waals surface area contributed by atoms with E-state index in [9.17, 15) is 18.0 Å². The van der Waals surface area contributed by atoms with Crippen molar-refractivity contribution in [1.29, 1.82) is 0 Å². The molecular weight excluding hydrogens is 498 g/mol. The number of likely N-dealkylation sites (N-methyl/N-ethyl adjacent to an activating group) is 1. The van der Waals surface area contributed by atoms with Crippen molar-refractivity contribution in [1.82, 2.24) is 10.2 Å². The number of benzene rings is 2. The average molecular weight is 526 g/mol. The second kappa shape index (κ2) is 11.3. The molecule has 10 heteroatoms. The van der Waals surface area contributed by atoms with E-state index in [-0.39, 0.29) is 12.5 Å². The minimum atomic E-state index is -3.76. The van der Waals surface area contributed by atoms with E-state index in [0.29, 0.717) is 18.0 Å². The van der Waals surface area contributed by atoms with Crippen LogP contribution in [0.15, 0.2) is 53.0 Å². The SMILES string of the molecule is CCOc1ccc(N(CC(=O)N(Cc2ccc(Br)cc2)[C@@H](C)C(=O)NC)S(C)(=O)=O)cc1. The van der Waals surface area contributed by atoms with Crippen LogP contribution >= 0.6 is 15.9 Å². The van der Waals surface area contributed by atoms with Crippen LogP contribution in [0, 0.1) is 0 Å². The van der Waals surface area contributed by atoms with Crippen molar-refractivity contribution in [3.8, 4) is 5.75 Å². The van der Waals surface area contributed by atoms with E-state index >= 15 is 0 Å². The zero-order valence-electron chi connectivity index (χ0n) is 18.5. The molecule has 0 bridgehead atoms. The van der Waals surface area contributed by atoms with Crippen LogP contribution in [-0.2, 0) is 26.2 Å². The largest absolute Gasteiger partial charge is 0.494 e. The highest BCUT2D eigenvalue weighted by Crippen LogP contribution is 2.22. The molecule has 0 radical (unpaired) electrons. The highest BCUT2D eigenvalue weighted by atomic mass is 79.9. The second-order valence-corrected chi connectivity index (χ2v) is 9.96. The molecule has 0 spiro atoms. The first kappa shape index (κ1) is 25.7. The number of nitrogens with zero attached hydrogens (tertiary/aromatic N) is 2. The zero-order valence-corrected chi connectivity index (χ0v) is 20.9. The molecule has 0 aliphatic rings. The van der Waals surface area contributed by atoms with Crippen molar-refractivity contribution in [3.05, 3.63) is 58.6 Å². The molecule has 0 unspecified atom stereocenters. The smallest absolute Gasteiger partial charge is 0.244 e. The Balaban J connectivity index is 2.34. The number of hydrogen-bond donors (Lipinski definition) is 1. The van der Waals surface area contributed by atoms with Gasteiger partial charge in [0.2, 0.25) is 21.8 Å². The molecule has 0 aliphatic heterocycles. The molecule has 0 saturated carbocycles. The maximum atomic E-state index is 13.3. The summed E-state index contributed by atoms with van der Waals surface area (Å²) in [6, 6.07) is 13.0. The molecule has 2 rings (SSSR count). The minimum absolute atomic E-state index is 0.154. The number of carbonyl (C=O) groups excluding carboxylic acids is 2. The molecule has 0 heterocycles. The maximum absolute atomic E-state index is 13.3. The third-order valence-corrected chi connectivity index (χ3v) is 6.46. The summed E-state index contributed by atoms with van der Waals surface area (Å²) in [5.74, 6) is -0.244. The van der Waals surface area contributed by atoms with Crippen molar-refractivity contribution in [2.75, 3.05) is 30.8 Å². The topological polar surface area (TPSA) is 96.0 Å². The summed E-state index contributed by atoms with van der Waals surface area (Å²) >= 11 is 3.37. The van der Waals surface area contributed by atoms with Gasteiger partial charge in [-0.15, -0.1) is 0 Å². The van der Waals surface area contributed by atoms with Gasteiger partial charge in [-0.1, -0.05) is 28.1 Å². The van der Waals surface area contributed by atoms with E-state index in [0.717, 1.165) is 20.6 Å². The van der Waals surface area contributed by atoms with Crippen molar-refractivity contribution < 1.29 is 22.7 Å². The summed E-state index contributed by atoms with van der Waals surface area (Å²) in [6.07, 6.45) is 1.04. The summed E-state index contributed by atoms with van der Waals surface area (Å²) in [6.45, 7) is 3.66. The molecular formula is C22H28BrN3O5S. The standard InChI is InChI=1S/C22H28BrN3O5S/c1-5-31-20-12-10-19(11-13-20)26(32(4,29)30)15-21(27)25(16(2)22(28)24-3)14-17-6-8-18(23)9-7-17/h6-13,16H,5,14-15H2,1-4H3,(H,24,28)/t16-/m0/s1. The van der Waals surface area contributed by atoms with Gasteiger partial charge in [-0.3, -0.25) is 13.9 Å². The Labute approximate surface area is 197 Å². The van der Waals surface area contributed by atoms with Gasteiger partial charge in [0, 0.05) is 18.1 Å². The highest BCUT2D eigenvalue weighted by molar-refractivity contribution is 9.10. The molecule has 2 aromatic carbocycles. The van der Waals surface area contributed by atoms with Gasteiger partial charge in [0.25, 0.3) is 0 Å². The Morgan fingerprint density at radius 1 is 1.09 bits per heavy atom. The lowest BCUT2D eigenvalue weighted by atomic mass is 10.1. The number of carbonyl (C=O) groups is 2. The number of halogens is 1. The molecule has 8 nitrogen and oxygen atoms in total. The number of anilines is 1. The van der Waals surface area contributed by atoms with Crippen molar-refractivity contribution in [2.45, 2.75) is 26.4 Å². The first-order chi connectivity index (χ1) is 15.1. The molecule has 1 atom stereocenters. The van der Waals surface area contributed by atoms with Gasteiger partial charge in [0.15, 0.2) is 0 Å². The molecule has 32 heavy (non-hydrogen) atoms. The fourth-order valence-electron chi connectivity index (χ4n) is 3.07. The molecule has 2 amide bonds. The first-order valence-electron chi connectivity index (χ1n) is 10.0.